The Morgan fingerprint density at radius 1 is 1.25 bits per heavy atom. The van der Waals surface area contributed by atoms with Crippen LogP contribution >= 0.6 is 0 Å². The van der Waals surface area contributed by atoms with E-state index in [-0.39, 0.29) is 5.91 Å². The van der Waals surface area contributed by atoms with Crippen LogP contribution in [-0.4, -0.2) is 63.4 Å². The summed E-state index contributed by atoms with van der Waals surface area (Å²) in [5.41, 5.74) is 0. The maximum absolute atomic E-state index is 11.5. The second kappa shape index (κ2) is 6.18. The highest BCUT2D eigenvalue weighted by molar-refractivity contribution is 5.76. The number of nitrogens with one attached hydrogen (secondary N) is 1. The standard InChI is InChI=1S/C11H20N2O3/c14-11(7-10-8-16-9-10)12-1-2-13-3-5-15-6-4-13/h10H,1-9H2,(H,12,14). The molecule has 0 aromatic heterocycles. The van der Waals surface area contributed by atoms with Crippen molar-refractivity contribution >= 4 is 5.91 Å². The molecule has 0 aromatic carbocycles. The lowest BCUT2D eigenvalue weighted by molar-refractivity contribution is -0.126. The summed E-state index contributed by atoms with van der Waals surface area (Å²) in [4.78, 5) is 13.8. The molecule has 0 radical (unpaired) electrons. The van der Waals surface area contributed by atoms with Gasteiger partial charge < -0.3 is 14.8 Å². The highest BCUT2D eigenvalue weighted by atomic mass is 16.5. The molecule has 0 aliphatic carbocycles. The van der Waals surface area contributed by atoms with Crippen molar-refractivity contribution in [3.63, 3.8) is 0 Å². The Hall–Kier alpha value is -0.650. The summed E-state index contributed by atoms with van der Waals surface area (Å²) in [6, 6.07) is 0. The van der Waals surface area contributed by atoms with Gasteiger partial charge in [-0.3, -0.25) is 9.69 Å². The monoisotopic (exact) mass is 228 g/mol. The van der Waals surface area contributed by atoms with Crippen LogP contribution in [0.15, 0.2) is 0 Å². The number of hydrogen-bond acceptors (Lipinski definition) is 4. The predicted molar refractivity (Wildman–Crippen MR) is 59.2 cm³/mol. The number of carbonyl (C=O) groups excluding carboxylic acids is 1. The van der Waals surface area contributed by atoms with E-state index in [1.807, 2.05) is 0 Å². The van der Waals surface area contributed by atoms with E-state index in [1.54, 1.807) is 0 Å². The van der Waals surface area contributed by atoms with Crippen LogP contribution in [0.2, 0.25) is 0 Å². The first-order valence-corrected chi connectivity index (χ1v) is 5.99. The summed E-state index contributed by atoms with van der Waals surface area (Å²) < 4.78 is 10.3. The first-order chi connectivity index (χ1) is 7.84. The van der Waals surface area contributed by atoms with E-state index in [9.17, 15) is 4.79 Å². The predicted octanol–water partition coefficient (Wildman–Crippen LogP) is -0.529. The Bertz CT molecular complexity index is 225. The smallest absolute Gasteiger partial charge is 0.220 e. The molecule has 92 valence electrons. The number of morpholine rings is 1. The molecule has 1 N–H and O–H groups in total. The molecular formula is C11H20N2O3. The normalized spacial score (nSPS) is 22.8. The molecule has 2 aliphatic rings. The molecule has 0 unspecified atom stereocenters. The van der Waals surface area contributed by atoms with E-state index >= 15 is 0 Å². The third-order valence-corrected chi connectivity index (χ3v) is 3.04. The van der Waals surface area contributed by atoms with Gasteiger partial charge >= 0.3 is 0 Å². The first kappa shape index (κ1) is 11.8. The molecule has 0 saturated carbocycles. The van der Waals surface area contributed by atoms with Gasteiger partial charge in [-0.15, -0.1) is 0 Å². The Kier molecular flexibility index (Phi) is 4.56. The molecule has 1 amide bonds. The molecule has 5 nitrogen and oxygen atoms in total. The molecule has 0 spiro atoms. The SMILES string of the molecule is O=C(CC1COC1)NCCN1CCOCC1. The minimum Gasteiger partial charge on any atom is -0.381 e. The molecule has 16 heavy (non-hydrogen) atoms. The van der Waals surface area contributed by atoms with Crippen LogP contribution < -0.4 is 5.32 Å². The second-order valence-corrected chi connectivity index (χ2v) is 4.41. The van der Waals surface area contributed by atoms with Gasteiger partial charge in [-0.05, 0) is 0 Å². The van der Waals surface area contributed by atoms with Gasteiger partial charge in [0, 0.05) is 38.5 Å². The number of amides is 1. The van der Waals surface area contributed by atoms with Crippen molar-refractivity contribution in [2.75, 3.05) is 52.6 Å². The van der Waals surface area contributed by atoms with Crippen LogP contribution in [0.3, 0.4) is 0 Å². The summed E-state index contributed by atoms with van der Waals surface area (Å²) in [5.74, 6) is 0.602. The van der Waals surface area contributed by atoms with Crippen molar-refractivity contribution in [1.29, 1.82) is 0 Å². The fourth-order valence-electron chi connectivity index (χ4n) is 1.91. The van der Waals surface area contributed by atoms with Gasteiger partial charge in [-0.25, -0.2) is 0 Å². The lowest BCUT2D eigenvalue weighted by Crippen LogP contribution is -2.42. The fourth-order valence-corrected chi connectivity index (χ4v) is 1.91. The zero-order chi connectivity index (χ0) is 11.2. The molecule has 2 saturated heterocycles. The minimum absolute atomic E-state index is 0.154. The Labute approximate surface area is 96.1 Å². The van der Waals surface area contributed by atoms with E-state index in [2.05, 4.69) is 10.2 Å². The summed E-state index contributed by atoms with van der Waals surface area (Å²) in [6.45, 7) is 6.75. The van der Waals surface area contributed by atoms with E-state index in [4.69, 9.17) is 9.47 Å². The lowest BCUT2D eigenvalue weighted by Gasteiger charge is -2.27. The third-order valence-electron chi connectivity index (χ3n) is 3.04. The second-order valence-electron chi connectivity index (χ2n) is 4.41. The van der Waals surface area contributed by atoms with Crippen LogP contribution in [0, 0.1) is 5.92 Å². The van der Waals surface area contributed by atoms with Crippen LogP contribution in [-0.2, 0) is 14.3 Å². The van der Waals surface area contributed by atoms with Crippen molar-refractivity contribution < 1.29 is 14.3 Å². The zero-order valence-electron chi connectivity index (χ0n) is 9.61. The summed E-state index contributed by atoms with van der Waals surface area (Å²) in [7, 11) is 0. The van der Waals surface area contributed by atoms with Crippen molar-refractivity contribution in [1.82, 2.24) is 10.2 Å². The van der Waals surface area contributed by atoms with Crippen LogP contribution in [0.1, 0.15) is 6.42 Å². The number of nitrogens with zero attached hydrogens (tertiary/aromatic N) is 1. The van der Waals surface area contributed by atoms with Gasteiger partial charge in [0.2, 0.25) is 5.91 Å². The highest BCUT2D eigenvalue weighted by Crippen LogP contribution is 2.13. The third kappa shape index (κ3) is 3.73. The van der Waals surface area contributed by atoms with E-state index < -0.39 is 0 Å². The fraction of sp³-hybridized carbons (Fsp3) is 0.909. The van der Waals surface area contributed by atoms with Crippen LogP contribution in [0.25, 0.3) is 0 Å². The maximum Gasteiger partial charge on any atom is 0.220 e. The number of rotatable bonds is 5. The average molecular weight is 228 g/mol. The molecule has 0 bridgehead atoms. The van der Waals surface area contributed by atoms with E-state index in [0.717, 1.165) is 52.6 Å². The summed E-state index contributed by atoms with van der Waals surface area (Å²) in [5, 5.41) is 2.95. The molecule has 2 aliphatic heterocycles. The van der Waals surface area contributed by atoms with Crippen LogP contribution in [0.4, 0.5) is 0 Å². The Morgan fingerprint density at radius 2 is 2.00 bits per heavy atom. The molecule has 0 aromatic rings. The van der Waals surface area contributed by atoms with E-state index in [1.165, 1.54) is 0 Å². The number of ether oxygens (including phenoxy) is 2. The first-order valence-electron chi connectivity index (χ1n) is 5.99. The quantitative estimate of drug-likeness (QED) is 0.687. The Balaban J connectivity index is 1.51. The molecular weight excluding hydrogens is 208 g/mol. The number of hydrogen-bond donors (Lipinski definition) is 1. The number of carbonyl (C=O) groups is 1. The van der Waals surface area contributed by atoms with Gasteiger partial charge in [0.25, 0.3) is 0 Å². The van der Waals surface area contributed by atoms with Crippen molar-refractivity contribution in [3.8, 4) is 0 Å². The van der Waals surface area contributed by atoms with Gasteiger partial charge in [0.15, 0.2) is 0 Å². The topological polar surface area (TPSA) is 50.8 Å². The van der Waals surface area contributed by atoms with Gasteiger partial charge in [0.1, 0.15) is 0 Å². The molecule has 5 heteroatoms. The average Bonchev–Trinajstić information content (AvgIpc) is 2.25. The molecule has 2 fully saturated rings. The molecule has 0 atom stereocenters. The zero-order valence-corrected chi connectivity index (χ0v) is 9.61. The van der Waals surface area contributed by atoms with Crippen molar-refractivity contribution in [2.24, 2.45) is 5.92 Å². The maximum atomic E-state index is 11.5. The summed E-state index contributed by atoms with van der Waals surface area (Å²) >= 11 is 0. The van der Waals surface area contributed by atoms with E-state index in [0.29, 0.717) is 12.3 Å². The molecule has 2 heterocycles. The Morgan fingerprint density at radius 3 is 2.62 bits per heavy atom. The lowest BCUT2D eigenvalue weighted by atomic mass is 10.0. The summed E-state index contributed by atoms with van der Waals surface area (Å²) in [6.07, 6.45) is 0.614. The minimum atomic E-state index is 0.154. The highest BCUT2D eigenvalue weighted by Gasteiger charge is 2.21. The van der Waals surface area contributed by atoms with Gasteiger partial charge in [0.05, 0.1) is 26.4 Å². The van der Waals surface area contributed by atoms with Crippen molar-refractivity contribution in [2.45, 2.75) is 6.42 Å². The van der Waals surface area contributed by atoms with Gasteiger partial charge in [-0.1, -0.05) is 0 Å². The van der Waals surface area contributed by atoms with Gasteiger partial charge in [-0.2, -0.15) is 0 Å². The van der Waals surface area contributed by atoms with Crippen molar-refractivity contribution in [3.05, 3.63) is 0 Å². The molecule has 2 rings (SSSR count). The largest absolute Gasteiger partial charge is 0.381 e. The van der Waals surface area contributed by atoms with Crippen LogP contribution in [0.5, 0.6) is 0 Å².